The van der Waals surface area contributed by atoms with Crippen molar-refractivity contribution in [2.45, 2.75) is 103 Å². The van der Waals surface area contributed by atoms with Gasteiger partial charge in [-0.15, -0.1) is 0 Å². The fourth-order valence-electron chi connectivity index (χ4n) is 9.03. The van der Waals surface area contributed by atoms with Crippen molar-refractivity contribution in [3.05, 3.63) is 12.2 Å². The Hall–Kier alpha value is -0.950. The second-order valence-electron chi connectivity index (χ2n) is 12.6. The van der Waals surface area contributed by atoms with Gasteiger partial charge in [0.2, 0.25) is 0 Å². The van der Waals surface area contributed by atoms with E-state index in [0.717, 1.165) is 19.3 Å². The number of rotatable bonds is 5. The highest BCUT2D eigenvalue weighted by atomic mass is 16.4. The molecule has 0 heterocycles. The summed E-state index contributed by atoms with van der Waals surface area (Å²) in [4.78, 5) is 11.0. The molecule has 188 valence electrons. The third-order valence-electron chi connectivity index (χ3n) is 10.8. The zero-order valence-corrected chi connectivity index (χ0v) is 20.7. The second kappa shape index (κ2) is 8.61. The lowest BCUT2D eigenvalue weighted by atomic mass is 9.42. The second-order valence-corrected chi connectivity index (χ2v) is 12.6. The maximum atomic E-state index is 11.6. The summed E-state index contributed by atoms with van der Waals surface area (Å²) in [5.41, 5.74) is -1.77. The molecule has 0 spiro atoms. The maximum Gasteiger partial charge on any atom is 0.303 e. The van der Waals surface area contributed by atoms with E-state index in [0.29, 0.717) is 25.2 Å². The number of aliphatic hydroxyl groups excluding tert-OH is 3. The highest BCUT2D eigenvalue weighted by molar-refractivity contribution is 5.67. The van der Waals surface area contributed by atoms with Crippen LogP contribution in [0.5, 0.6) is 0 Å². The molecule has 0 radical (unpaired) electrons. The largest absolute Gasteiger partial charge is 0.481 e. The van der Waals surface area contributed by atoms with E-state index in [4.69, 9.17) is 5.11 Å². The van der Waals surface area contributed by atoms with Gasteiger partial charge in [0.05, 0.1) is 30.3 Å². The van der Waals surface area contributed by atoms with Crippen LogP contribution < -0.4 is 0 Å². The van der Waals surface area contributed by atoms with Crippen LogP contribution in [0.15, 0.2) is 12.2 Å². The quantitative estimate of drug-likeness (QED) is 0.398. The summed E-state index contributed by atoms with van der Waals surface area (Å²) in [6.45, 7) is 8.51. The first kappa shape index (κ1) is 25.2. The number of allylic oxidation sites excluding steroid dienone is 2. The summed E-state index contributed by atoms with van der Waals surface area (Å²) in [5.74, 6) is 0.174. The summed E-state index contributed by atoms with van der Waals surface area (Å²) in [6, 6.07) is 0. The number of fused-ring (bicyclic) bond motifs is 5. The first-order chi connectivity index (χ1) is 15.3. The van der Waals surface area contributed by atoms with Crippen molar-refractivity contribution >= 4 is 5.97 Å². The van der Waals surface area contributed by atoms with E-state index in [1.165, 1.54) is 0 Å². The lowest BCUT2D eigenvalue weighted by Crippen LogP contribution is -2.69. The van der Waals surface area contributed by atoms with Crippen molar-refractivity contribution < 1.29 is 30.3 Å². The van der Waals surface area contributed by atoms with E-state index in [2.05, 4.69) is 26.8 Å². The topological polar surface area (TPSA) is 118 Å². The van der Waals surface area contributed by atoms with Gasteiger partial charge in [-0.05, 0) is 79.4 Å². The van der Waals surface area contributed by atoms with Gasteiger partial charge in [-0.2, -0.15) is 0 Å². The lowest BCUT2D eigenvalue weighted by Gasteiger charge is -2.65. The number of hydrogen-bond donors (Lipinski definition) is 5. The molecule has 4 rings (SSSR count). The molecule has 6 nitrogen and oxygen atoms in total. The summed E-state index contributed by atoms with van der Waals surface area (Å²) in [5, 5.41) is 53.4. The third-order valence-corrected chi connectivity index (χ3v) is 10.8. The van der Waals surface area contributed by atoms with Crippen LogP contribution in [-0.4, -0.2) is 55.4 Å². The molecule has 4 aliphatic rings. The van der Waals surface area contributed by atoms with Gasteiger partial charge in [0, 0.05) is 11.8 Å². The lowest BCUT2D eigenvalue weighted by molar-refractivity contribution is -0.268. The van der Waals surface area contributed by atoms with Crippen LogP contribution in [0.2, 0.25) is 0 Å². The molecule has 0 saturated heterocycles. The molecule has 4 saturated carbocycles. The molecular formula is C27H44O6. The summed E-state index contributed by atoms with van der Waals surface area (Å²) in [7, 11) is 0. The molecule has 0 amide bonds. The smallest absolute Gasteiger partial charge is 0.303 e. The summed E-state index contributed by atoms with van der Waals surface area (Å²) >= 11 is 0. The Balaban J connectivity index is 1.58. The average molecular weight is 465 g/mol. The van der Waals surface area contributed by atoms with Crippen LogP contribution in [0.3, 0.4) is 0 Å². The predicted octanol–water partition coefficient (Wildman–Crippen LogP) is 3.37. The monoisotopic (exact) mass is 464 g/mol. The minimum absolute atomic E-state index is 0.0246. The number of carboxylic acids is 1. The number of carboxylic acid groups (broad SMARTS) is 1. The minimum Gasteiger partial charge on any atom is -0.481 e. The Morgan fingerprint density at radius 2 is 1.76 bits per heavy atom. The van der Waals surface area contributed by atoms with Crippen LogP contribution >= 0.6 is 0 Å². The van der Waals surface area contributed by atoms with E-state index in [9.17, 15) is 25.2 Å². The van der Waals surface area contributed by atoms with Gasteiger partial charge in [0.1, 0.15) is 0 Å². The fraction of sp³-hybridized carbons (Fsp3) is 0.889. The highest BCUT2D eigenvalue weighted by Crippen LogP contribution is 2.69. The Bertz CT molecular complexity index is 783. The zero-order valence-electron chi connectivity index (χ0n) is 20.7. The molecule has 0 aliphatic heterocycles. The van der Waals surface area contributed by atoms with Gasteiger partial charge in [0.25, 0.3) is 0 Å². The Kier molecular flexibility index (Phi) is 6.57. The van der Waals surface area contributed by atoms with Crippen molar-refractivity contribution in [2.75, 3.05) is 0 Å². The van der Waals surface area contributed by atoms with Crippen LogP contribution in [0.25, 0.3) is 0 Å². The molecule has 0 aromatic heterocycles. The predicted molar refractivity (Wildman–Crippen MR) is 125 cm³/mol. The first-order valence-electron chi connectivity index (χ1n) is 13.0. The maximum absolute atomic E-state index is 11.6. The van der Waals surface area contributed by atoms with Gasteiger partial charge in [-0.3, -0.25) is 4.79 Å². The van der Waals surface area contributed by atoms with Crippen molar-refractivity contribution in [2.24, 2.45) is 46.3 Å². The fourth-order valence-corrected chi connectivity index (χ4v) is 9.03. The van der Waals surface area contributed by atoms with E-state index in [1.54, 1.807) is 0 Å². The summed E-state index contributed by atoms with van der Waals surface area (Å²) < 4.78 is 0. The SMILES string of the molecule is C[C@H](/C=C/[C@@H](C)[C@H]1C[C@H](O)[C@@H]2[C@@H]3C[C@@H](O)[C@@]4(O)C[C@@H](O)CC[C@]4(C)[C@H]3CC[C@@]21C)CC(=O)O. The zero-order chi connectivity index (χ0) is 24.3. The molecule has 5 N–H and O–H groups in total. The number of aliphatic carboxylic acids is 1. The molecule has 4 aliphatic carbocycles. The van der Waals surface area contributed by atoms with Gasteiger partial charge >= 0.3 is 5.97 Å². The van der Waals surface area contributed by atoms with Gasteiger partial charge in [-0.25, -0.2) is 0 Å². The van der Waals surface area contributed by atoms with Crippen molar-refractivity contribution in [3.8, 4) is 0 Å². The van der Waals surface area contributed by atoms with E-state index in [1.807, 2.05) is 13.0 Å². The first-order valence-corrected chi connectivity index (χ1v) is 13.0. The Labute approximate surface area is 198 Å². The molecule has 0 aromatic carbocycles. The average Bonchev–Trinajstić information content (AvgIpc) is 2.99. The molecule has 4 fully saturated rings. The Morgan fingerprint density at radius 1 is 1.06 bits per heavy atom. The van der Waals surface area contributed by atoms with E-state index < -0.39 is 35.3 Å². The molecular weight excluding hydrogens is 420 g/mol. The molecule has 12 atom stereocenters. The van der Waals surface area contributed by atoms with Crippen LogP contribution in [-0.2, 0) is 4.79 Å². The molecule has 6 heteroatoms. The van der Waals surface area contributed by atoms with Gasteiger partial charge in [0.15, 0.2) is 0 Å². The Morgan fingerprint density at radius 3 is 2.42 bits per heavy atom. The molecule has 0 aromatic rings. The molecule has 33 heavy (non-hydrogen) atoms. The van der Waals surface area contributed by atoms with Crippen molar-refractivity contribution in [1.29, 1.82) is 0 Å². The van der Waals surface area contributed by atoms with Crippen molar-refractivity contribution in [1.82, 2.24) is 0 Å². The summed E-state index contributed by atoms with van der Waals surface area (Å²) in [6.07, 6.45) is 7.11. The number of carbonyl (C=O) groups is 1. The van der Waals surface area contributed by atoms with Gasteiger partial charge < -0.3 is 25.5 Å². The van der Waals surface area contributed by atoms with E-state index in [-0.39, 0.29) is 47.8 Å². The van der Waals surface area contributed by atoms with Crippen LogP contribution in [0.1, 0.15) is 79.1 Å². The highest BCUT2D eigenvalue weighted by Gasteiger charge is 2.68. The molecule has 0 bridgehead atoms. The van der Waals surface area contributed by atoms with Crippen molar-refractivity contribution in [3.63, 3.8) is 0 Å². The molecule has 0 unspecified atom stereocenters. The number of aliphatic hydroxyl groups is 4. The minimum atomic E-state index is -1.27. The third kappa shape index (κ3) is 3.89. The van der Waals surface area contributed by atoms with Gasteiger partial charge in [-0.1, -0.05) is 39.8 Å². The van der Waals surface area contributed by atoms with E-state index >= 15 is 0 Å². The standard InChI is InChI=1S/C27H44O6/c1-15(11-23(31)32)5-6-16(2)20-13-21(29)24-18-12-22(30)27(33)14-17(28)7-10-26(27,4)19(18)8-9-25(20,24)3/h5-6,15-22,24,28-30,33H,7-14H2,1-4H3,(H,31,32)/b6-5+/t15-,16-,17+,18-,19+,20-,21+,22-,24+,25-,26-,27+/m1/s1. The van der Waals surface area contributed by atoms with Crippen LogP contribution in [0.4, 0.5) is 0 Å². The van der Waals surface area contributed by atoms with Crippen LogP contribution in [0, 0.1) is 46.3 Å². The normalized spacial score (nSPS) is 51.5. The number of hydrogen-bond acceptors (Lipinski definition) is 5.